The summed E-state index contributed by atoms with van der Waals surface area (Å²) in [5.41, 5.74) is 1.30. The SMILES string of the molecule is CC(C)(C)N1[C@@H]2[C@H]3CC[C@@](C)([C@@H]2O[P@@]1(=O)Cc1ccccc1)C3(C)C. The summed E-state index contributed by atoms with van der Waals surface area (Å²) in [5, 5.41) is 0. The topological polar surface area (TPSA) is 29.5 Å². The number of hydrogen-bond acceptors (Lipinski definition) is 2. The zero-order valence-corrected chi connectivity index (χ0v) is 17.3. The van der Waals surface area contributed by atoms with Gasteiger partial charge in [0.05, 0.1) is 12.3 Å². The number of hydrogen-bond donors (Lipinski definition) is 0. The van der Waals surface area contributed by atoms with Crippen LogP contribution in [0.25, 0.3) is 0 Å². The summed E-state index contributed by atoms with van der Waals surface area (Å²) in [6.45, 7) is 13.7. The number of fused-ring (bicyclic) bond motifs is 5. The van der Waals surface area contributed by atoms with E-state index in [0.29, 0.717) is 12.1 Å². The first-order valence-electron chi connectivity index (χ1n) is 9.62. The van der Waals surface area contributed by atoms with Crippen LogP contribution in [0.3, 0.4) is 0 Å². The Hall–Kier alpha value is -0.630. The van der Waals surface area contributed by atoms with Crippen LogP contribution in [0.1, 0.15) is 59.9 Å². The van der Waals surface area contributed by atoms with Gasteiger partial charge in [0.2, 0.25) is 0 Å². The smallest absolute Gasteiger partial charge is 0.277 e. The minimum absolute atomic E-state index is 0.0926. The molecule has 0 radical (unpaired) electrons. The molecule has 3 aliphatic rings. The molecule has 0 amide bonds. The molecule has 0 N–H and O–H groups in total. The van der Waals surface area contributed by atoms with Gasteiger partial charge in [0.25, 0.3) is 7.52 Å². The van der Waals surface area contributed by atoms with E-state index in [1.807, 2.05) is 18.2 Å². The summed E-state index contributed by atoms with van der Waals surface area (Å²) in [4.78, 5) is 0. The monoisotopic (exact) mass is 361 g/mol. The molecular weight excluding hydrogens is 329 g/mol. The molecule has 3 fully saturated rings. The highest BCUT2D eigenvalue weighted by Gasteiger charge is 2.74. The predicted octanol–water partition coefficient (Wildman–Crippen LogP) is 5.70. The molecule has 4 rings (SSSR count). The van der Waals surface area contributed by atoms with Crippen molar-refractivity contribution >= 4 is 7.52 Å². The van der Waals surface area contributed by atoms with E-state index in [4.69, 9.17) is 4.52 Å². The van der Waals surface area contributed by atoms with Gasteiger partial charge in [0, 0.05) is 17.0 Å². The quantitative estimate of drug-likeness (QED) is 0.633. The number of rotatable bonds is 2. The van der Waals surface area contributed by atoms with Gasteiger partial charge < -0.3 is 4.52 Å². The van der Waals surface area contributed by atoms with E-state index in [1.165, 1.54) is 12.8 Å². The van der Waals surface area contributed by atoms with E-state index < -0.39 is 7.52 Å². The first kappa shape index (κ1) is 17.8. The molecule has 1 heterocycles. The summed E-state index contributed by atoms with van der Waals surface area (Å²) in [6, 6.07) is 10.5. The highest BCUT2D eigenvalue weighted by Crippen LogP contribution is 2.77. The summed E-state index contributed by atoms with van der Waals surface area (Å²) in [5.74, 6) is 0.563. The highest BCUT2D eigenvalue weighted by atomic mass is 31.2. The molecule has 3 nitrogen and oxygen atoms in total. The maximum absolute atomic E-state index is 14.1. The third-order valence-corrected chi connectivity index (χ3v) is 10.4. The van der Waals surface area contributed by atoms with E-state index in [9.17, 15) is 4.57 Å². The second-order valence-corrected chi connectivity index (χ2v) is 12.3. The fourth-order valence-electron chi connectivity index (χ4n) is 6.00. The van der Waals surface area contributed by atoms with Crippen LogP contribution >= 0.6 is 7.52 Å². The highest BCUT2D eigenvalue weighted by molar-refractivity contribution is 7.56. The lowest BCUT2D eigenvalue weighted by molar-refractivity contribution is 0.0341. The van der Waals surface area contributed by atoms with Gasteiger partial charge >= 0.3 is 0 Å². The first-order valence-corrected chi connectivity index (χ1v) is 11.4. The van der Waals surface area contributed by atoms with Crippen molar-refractivity contribution in [1.29, 1.82) is 0 Å². The van der Waals surface area contributed by atoms with Crippen LogP contribution in [-0.4, -0.2) is 22.4 Å². The molecule has 1 saturated heterocycles. The fraction of sp³-hybridized carbons (Fsp3) is 0.714. The Kier molecular flexibility index (Phi) is 3.70. The Labute approximate surface area is 152 Å². The van der Waals surface area contributed by atoms with E-state index in [1.54, 1.807) is 0 Å². The van der Waals surface area contributed by atoms with Crippen molar-refractivity contribution < 1.29 is 9.09 Å². The van der Waals surface area contributed by atoms with Gasteiger partial charge in [0.15, 0.2) is 0 Å². The molecule has 138 valence electrons. The van der Waals surface area contributed by atoms with Gasteiger partial charge in [-0.15, -0.1) is 0 Å². The molecule has 2 bridgehead atoms. The second kappa shape index (κ2) is 5.21. The van der Waals surface area contributed by atoms with Crippen molar-refractivity contribution in [3.63, 3.8) is 0 Å². The summed E-state index contributed by atoms with van der Waals surface area (Å²) in [7, 11) is -2.90. The lowest BCUT2D eigenvalue weighted by Crippen LogP contribution is -2.49. The van der Waals surface area contributed by atoms with Crippen molar-refractivity contribution in [2.75, 3.05) is 0 Å². The van der Waals surface area contributed by atoms with Gasteiger partial charge in [-0.05, 0) is 50.5 Å². The normalized spacial score (nSPS) is 42.7. The molecule has 25 heavy (non-hydrogen) atoms. The molecular formula is C21H32NO2P. The van der Waals surface area contributed by atoms with Crippen molar-refractivity contribution in [3.8, 4) is 0 Å². The Morgan fingerprint density at radius 3 is 2.44 bits per heavy atom. The maximum atomic E-state index is 14.1. The van der Waals surface area contributed by atoms with Crippen LogP contribution in [0.15, 0.2) is 30.3 Å². The van der Waals surface area contributed by atoms with Crippen molar-refractivity contribution in [3.05, 3.63) is 35.9 Å². The zero-order valence-electron chi connectivity index (χ0n) is 16.5. The van der Waals surface area contributed by atoms with E-state index in [0.717, 1.165) is 5.56 Å². The van der Waals surface area contributed by atoms with Gasteiger partial charge in [0.1, 0.15) is 0 Å². The average molecular weight is 361 g/mol. The maximum Gasteiger partial charge on any atom is 0.277 e. The van der Waals surface area contributed by atoms with E-state index in [2.05, 4.69) is 58.3 Å². The Morgan fingerprint density at radius 1 is 1.20 bits per heavy atom. The molecule has 1 aromatic carbocycles. The van der Waals surface area contributed by atoms with Crippen molar-refractivity contribution in [1.82, 2.24) is 4.67 Å². The molecule has 2 aliphatic carbocycles. The van der Waals surface area contributed by atoms with Gasteiger partial charge in [-0.3, -0.25) is 4.57 Å². The Morgan fingerprint density at radius 2 is 1.84 bits per heavy atom. The van der Waals surface area contributed by atoms with Crippen molar-refractivity contribution in [2.24, 2.45) is 16.7 Å². The Bertz CT molecular complexity index is 723. The van der Waals surface area contributed by atoms with Crippen LogP contribution in [0, 0.1) is 16.7 Å². The van der Waals surface area contributed by atoms with E-state index >= 15 is 0 Å². The molecule has 0 unspecified atom stereocenters. The lowest BCUT2D eigenvalue weighted by atomic mass is 9.70. The first-order chi connectivity index (χ1) is 11.5. The fourth-order valence-corrected chi connectivity index (χ4v) is 9.31. The third kappa shape index (κ3) is 2.28. The standard InChI is InChI=1S/C21H32NO2P/c1-19(2,3)22-17-16-12-13-21(6,20(16,4)5)18(17)24-25(22,23)14-15-10-8-7-9-11-15/h7-11,16-18H,12-14H2,1-6H3/t16-,17-,18-,21+,25+/m1/s1. The zero-order chi connectivity index (χ0) is 18.3. The summed E-state index contributed by atoms with van der Waals surface area (Å²) in [6.07, 6.45) is 3.03. The molecule has 1 aromatic rings. The third-order valence-electron chi connectivity index (χ3n) is 7.53. The molecule has 5 atom stereocenters. The molecule has 2 saturated carbocycles. The van der Waals surface area contributed by atoms with Gasteiger partial charge in [-0.2, -0.15) is 0 Å². The summed E-state index contributed by atoms with van der Waals surface area (Å²) >= 11 is 0. The number of benzene rings is 1. The number of nitrogens with zero attached hydrogens (tertiary/aromatic N) is 1. The lowest BCUT2D eigenvalue weighted by Gasteiger charge is -2.42. The van der Waals surface area contributed by atoms with Crippen LogP contribution in [0.2, 0.25) is 0 Å². The predicted molar refractivity (Wildman–Crippen MR) is 103 cm³/mol. The van der Waals surface area contributed by atoms with Crippen LogP contribution in [0.4, 0.5) is 0 Å². The van der Waals surface area contributed by atoms with Gasteiger partial charge in [-0.1, -0.05) is 51.1 Å². The summed E-state index contributed by atoms with van der Waals surface area (Å²) < 4.78 is 23.0. The van der Waals surface area contributed by atoms with Crippen LogP contribution in [0.5, 0.6) is 0 Å². The largest absolute Gasteiger partial charge is 0.312 e. The van der Waals surface area contributed by atoms with Crippen LogP contribution < -0.4 is 0 Å². The average Bonchev–Trinajstić information content (AvgIpc) is 2.98. The van der Waals surface area contributed by atoms with Crippen LogP contribution in [-0.2, 0) is 15.3 Å². The minimum Gasteiger partial charge on any atom is -0.312 e. The van der Waals surface area contributed by atoms with Gasteiger partial charge in [-0.25, -0.2) is 4.67 Å². The Balaban J connectivity index is 1.77. The second-order valence-electron chi connectivity index (χ2n) is 10.1. The molecule has 4 heteroatoms. The van der Waals surface area contributed by atoms with Crippen molar-refractivity contribution in [2.45, 2.75) is 78.2 Å². The molecule has 0 spiro atoms. The minimum atomic E-state index is -2.90. The molecule has 0 aromatic heterocycles. The van der Waals surface area contributed by atoms with E-state index in [-0.39, 0.29) is 28.5 Å². The molecule has 1 aliphatic heterocycles.